The van der Waals surface area contributed by atoms with Crippen molar-refractivity contribution in [3.8, 4) is 0 Å². The molecule has 1 aromatic rings. The maximum absolute atomic E-state index is 12.7. The van der Waals surface area contributed by atoms with Crippen LogP contribution >= 0.6 is 0 Å². The number of benzene rings is 1. The Kier molecular flexibility index (Phi) is 8.75. The molecule has 3 rings (SSSR count). The quantitative estimate of drug-likeness (QED) is 0.333. The third kappa shape index (κ3) is 6.37. The summed E-state index contributed by atoms with van der Waals surface area (Å²) in [6.45, 7) is 4.92. The van der Waals surface area contributed by atoms with E-state index in [1.54, 1.807) is 18.2 Å². The summed E-state index contributed by atoms with van der Waals surface area (Å²) in [4.78, 5) is 49.9. The number of hydrogen-bond donors (Lipinski definition) is 3. The maximum atomic E-state index is 12.7. The number of ether oxygens (including phenoxy) is 1. The van der Waals surface area contributed by atoms with Crippen molar-refractivity contribution in [3.63, 3.8) is 0 Å². The fourth-order valence-electron chi connectivity index (χ4n) is 3.86. The van der Waals surface area contributed by atoms with Crippen molar-refractivity contribution in [1.82, 2.24) is 15.5 Å². The van der Waals surface area contributed by atoms with Gasteiger partial charge in [-0.1, -0.05) is 13.3 Å². The Morgan fingerprint density at radius 1 is 1.19 bits per heavy atom. The van der Waals surface area contributed by atoms with Gasteiger partial charge in [0, 0.05) is 37.4 Å². The molecule has 0 aromatic heterocycles. The molecular formula is C23H32N4O5. The van der Waals surface area contributed by atoms with Crippen LogP contribution in [0.3, 0.4) is 0 Å². The molecule has 9 heteroatoms. The van der Waals surface area contributed by atoms with Gasteiger partial charge in [-0.3, -0.25) is 24.5 Å². The van der Waals surface area contributed by atoms with Crippen LogP contribution in [0, 0.1) is 0 Å². The minimum atomic E-state index is -0.646. The van der Waals surface area contributed by atoms with Gasteiger partial charge in [0.25, 0.3) is 5.91 Å². The van der Waals surface area contributed by atoms with Gasteiger partial charge in [0.2, 0.25) is 17.7 Å². The molecule has 3 N–H and O–H groups in total. The fraction of sp³-hybridized carbons (Fsp3) is 0.565. The molecule has 9 nitrogen and oxygen atoms in total. The summed E-state index contributed by atoms with van der Waals surface area (Å²) >= 11 is 0. The van der Waals surface area contributed by atoms with Gasteiger partial charge >= 0.3 is 0 Å². The Morgan fingerprint density at radius 2 is 2.00 bits per heavy atom. The number of nitrogens with one attached hydrogen (secondary N) is 3. The van der Waals surface area contributed by atoms with Gasteiger partial charge in [0.15, 0.2) is 0 Å². The first-order valence-corrected chi connectivity index (χ1v) is 11.4. The van der Waals surface area contributed by atoms with Gasteiger partial charge < -0.3 is 20.3 Å². The van der Waals surface area contributed by atoms with E-state index in [1.807, 2.05) is 0 Å². The lowest BCUT2D eigenvalue weighted by atomic mass is 10.0. The number of fused-ring (bicyclic) bond motifs is 1. The molecule has 1 saturated heterocycles. The molecule has 32 heavy (non-hydrogen) atoms. The lowest BCUT2D eigenvalue weighted by molar-refractivity contribution is -0.137. The standard InChI is InChI=1S/C23H32N4O5/c1-2-3-11-32-12-5-4-10-24-14-21(29)25-17-6-7-18-16(13-17)15-27(23(18)31)19-8-9-20(28)26-22(19)30/h6-7,13,19,24H,2-5,8-12,14-15H2,1H3,(H,25,29)(H,26,28,30). The van der Waals surface area contributed by atoms with Gasteiger partial charge in [-0.15, -0.1) is 0 Å². The van der Waals surface area contributed by atoms with Crippen molar-refractivity contribution in [2.24, 2.45) is 0 Å². The minimum Gasteiger partial charge on any atom is -0.381 e. The lowest BCUT2D eigenvalue weighted by Crippen LogP contribution is -2.52. The molecule has 1 fully saturated rings. The van der Waals surface area contributed by atoms with Gasteiger partial charge in [-0.25, -0.2) is 0 Å². The topological polar surface area (TPSA) is 117 Å². The van der Waals surface area contributed by atoms with E-state index in [-0.39, 0.29) is 37.2 Å². The zero-order valence-electron chi connectivity index (χ0n) is 18.6. The second-order valence-electron chi connectivity index (χ2n) is 8.17. The summed E-state index contributed by atoms with van der Waals surface area (Å²) in [7, 11) is 0. The average Bonchev–Trinajstić information content (AvgIpc) is 3.08. The molecule has 0 saturated carbocycles. The molecule has 1 unspecified atom stereocenters. The summed E-state index contributed by atoms with van der Waals surface area (Å²) in [5.41, 5.74) is 1.89. The molecule has 1 aromatic carbocycles. The first-order valence-electron chi connectivity index (χ1n) is 11.4. The monoisotopic (exact) mass is 444 g/mol. The number of imide groups is 1. The predicted molar refractivity (Wildman–Crippen MR) is 119 cm³/mol. The number of carbonyl (C=O) groups excluding carboxylic acids is 4. The van der Waals surface area contributed by atoms with Gasteiger partial charge in [-0.2, -0.15) is 0 Å². The highest BCUT2D eigenvalue weighted by atomic mass is 16.5. The van der Waals surface area contributed by atoms with Crippen molar-refractivity contribution in [1.29, 1.82) is 0 Å². The van der Waals surface area contributed by atoms with E-state index in [2.05, 4.69) is 22.9 Å². The van der Waals surface area contributed by atoms with Crippen LogP contribution in [-0.2, 0) is 25.7 Å². The number of hydrogen-bond acceptors (Lipinski definition) is 6. The van der Waals surface area contributed by atoms with Gasteiger partial charge in [0.1, 0.15) is 6.04 Å². The first kappa shape index (κ1) is 23.9. The Hall–Kier alpha value is -2.78. The Labute approximate surface area is 188 Å². The zero-order valence-corrected chi connectivity index (χ0v) is 18.6. The Bertz CT molecular complexity index is 857. The van der Waals surface area contributed by atoms with Crippen LogP contribution in [0.4, 0.5) is 5.69 Å². The molecule has 0 aliphatic carbocycles. The number of carbonyl (C=O) groups is 4. The summed E-state index contributed by atoms with van der Waals surface area (Å²) in [5.74, 6) is -1.13. The number of amides is 4. The molecule has 1 atom stereocenters. The minimum absolute atomic E-state index is 0.157. The largest absolute Gasteiger partial charge is 0.381 e. The van der Waals surface area contributed by atoms with E-state index in [4.69, 9.17) is 4.74 Å². The van der Waals surface area contributed by atoms with Crippen molar-refractivity contribution in [2.75, 3.05) is 31.6 Å². The first-order chi connectivity index (χ1) is 15.5. The van der Waals surface area contributed by atoms with E-state index in [0.717, 1.165) is 51.0 Å². The SMILES string of the molecule is CCCCOCCCCNCC(=O)Nc1ccc2c(c1)CN(C1CCC(=O)NC1=O)C2=O. The number of anilines is 1. The molecule has 0 radical (unpaired) electrons. The highest BCUT2D eigenvalue weighted by Crippen LogP contribution is 2.29. The van der Waals surface area contributed by atoms with Crippen LogP contribution in [0.2, 0.25) is 0 Å². The lowest BCUT2D eigenvalue weighted by Gasteiger charge is -2.29. The second kappa shape index (κ2) is 11.7. The van der Waals surface area contributed by atoms with Crippen molar-refractivity contribution in [2.45, 2.75) is 58.0 Å². The number of unbranched alkanes of at least 4 members (excludes halogenated alkanes) is 2. The Morgan fingerprint density at radius 3 is 2.78 bits per heavy atom. The molecule has 0 spiro atoms. The third-order valence-electron chi connectivity index (χ3n) is 5.63. The smallest absolute Gasteiger partial charge is 0.255 e. The van der Waals surface area contributed by atoms with E-state index in [1.165, 1.54) is 4.90 Å². The summed E-state index contributed by atoms with van der Waals surface area (Å²) in [6.07, 6.45) is 4.66. The molecule has 4 amide bonds. The molecular weight excluding hydrogens is 412 g/mol. The van der Waals surface area contributed by atoms with Gasteiger partial charge in [-0.05, 0) is 56.0 Å². The van der Waals surface area contributed by atoms with Crippen LogP contribution < -0.4 is 16.0 Å². The normalized spacial score (nSPS) is 18.0. The number of nitrogens with zero attached hydrogens (tertiary/aromatic N) is 1. The molecule has 2 aliphatic rings. The third-order valence-corrected chi connectivity index (χ3v) is 5.63. The molecule has 2 heterocycles. The molecule has 2 aliphatic heterocycles. The van der Waals surface area contributed by atoms with E-state index < -0.39 is 11.9 Å². The van der Waals surface area contributed by atoms with Crippen LogP contribution in [0.15, 0.2) is 18.2 Å². The molecule has 174 valence electrons. The predicted octanol–water partition coefficient (Wildman–Crippen LogP) is 1.57. The maximum Gasteiger partial charge on any atom is 0.255 e. The highest BCUT2D eigenvalue weighted by Gasteiger charge is 2.39. The van der Waals surface area contributed by atoms with E-state index >= 15 is 0 Å². The summed E-state index contributed by atoms with van der Waals surface area (Å²) in [5, 5.41) is 8.26. The van der Waals surface area contributed by atoms with Crippen LogP contribution in [-0.4, -0.2) is 60.9 Å². The molecule has 0 bridgehead atoms. The van der Waals surface area contributed by atoms with Crippen molar-refractivity contribution < 1.29 is 23.9 Å². The van der Waals surface area contributed by atoms with Crippen LogP contribution in [0.1, 0.15) is 61.4 Å². The number of piperidine rings is 1. The number of rotatable bonds is 12. The fourth-order valence-corrected chi connectivity index (χ4v) is 3.86. The van der Waals surface area contributed by atoms with E-state index in [9.17, 15) is 19.2 Å². The zero-order chi connectivity index (χ0) is 22.9. The second-order valence-corrected chi connectivity index (χ2v) is 8.17. The summed E-state index contributed by atoms with van der Waals surface area (Å²) in [6, 6.07) is 4.48. The van der Waals surface area contributed by atoms with Crippen molar-refractivity contribution >= 4 is 29.3 Å². The highest BCUT2D eigenvalue weighted by molar-refractivity contribution is 6.05. The van der Waals surface area contributed by atoms with Crippen LogP contribution in [0.5, 0.6) is 0 Å². The average molecular weight is 445 g/mol. The van der Waals surface area contributed by atoms with Crippen molar-refractivity contribution in [3.05, 3.63) is 29.3 Å². The summed E-state index contributed by atoms with van der Waals surface area (Å²) < 4.78 is 5.51. The van der Waals surface area contributed by atoms with E-state index in [0.29, 0.717) is 17.7 Å². The van der Waals surface area contributed by atoms with Gasteiger partial charge in [0.05, 0.1) is 6.54 Å². The van der Waals surface area contributed by atoms with Crippen LogP contribution in [0.25, 0.3) is 0 Å². The Balaban J connectivity index is 1.41.